The van der Waals surface area contributed by atoms with Crippen LogP contribution in [0.3, 0.4) is 0 Å². The maximum atomic E-state index is 9.87. The molecular weight excluding hydrogens is 328 g/mol. The third-order valence-electron chi connectivity index (χ3n) is 4.92. The van der Waals surface area contributed by atoms with Crippen LogP contribution < -0.4 is 4.90 Å². The quantitative estimate of drug-likeness (QED) is 0.695. The van der Waals surface area contributed by atoms with Crippen LogP contribution in [0.15, 0.2) is 41.8 Å². The molecular formula is C20H20N4S. The average Bonchev–Trinajstić information content (AvgIpc) is 3.32. The van der Waals surface area contributed by atoms with Crippen molar-refractivity contribution in [2.75, 3.05) is 11.4 Å². The monoisotopic (exact) mass is 348 g/mol. The lowest BCUT2D eigenvalue weighted by Crippen LogP contribution is -2.35. The van der Waals surface area contributed by atoms with E-state index in [0.717, 1.165) is 53.2 Å². The zero-order valence-electron chi connectivity index (χ0n) is 14.2. The minimum Gasteiger partial charge on any atom is -0.351 e. The number of fused-ring (bicyclic) bond motifs is 1. The summed E-state index contributed by atoms with van der Waals surface area (Å²) in [5, 5.41) is 13.1. The van der Waals surface area contributed by atoms with Crippen LogP contribution >= 0.6 is 11.3 Å². The van der Waals surface area contributed by atoms with Gasteiger partial charge in [-0.3, -0.25) is 0 Å². The third kappa shape index (κ3) is 2.87. The van der Waals surface area contributed by atoms with E-state index >= 15 is 0 Å². The van der Waals surface area contributed by atoms with E-state index in [4.69, 9.17) is 4.98 Å². The highest BCUT2D eigenvalue weighted by Gasteiger charge is 2.34. The van der Waals surface area contributed by atoms with Crippen LogP contribution in [0.2, 0.25) is 0 Å². The van der Waals surface area contributed by atoms with Gasteiger partial charge in [0.25, 0.3) is 0 Å². The summed E-state index contributed by atoms with van der Waals surface area (Å²) < 4.78 is 0. The molecule has 0 bridgehead atoms. The Morgan fingerprint density at radius 1 is 1.28 bits per heavy atom. The summed E-state index contributed by atoms with van der Waals surface area (Å²) >= 11 is 1.66. The number of hydrogen-bond acceptors (Lipinski definition) is 5. The van der Waals surface area contributed by atoms with Crippen molar-refractivity contribution < 1.29 is 0 Å². The van der Waals surface area contributed by atoms with Crippen LogP contribution in [0.25, 0.3) is 10.2 Å². The first-order chi connectivity index (χ1) is 12.3. The molecule has 0 amide bonds. The predicted octanol–water partition coefficient (Wildman–Crippen LogP) is 4.53. The summed E-state index contributed by atoms with van der Waals surface area (Å²) in [7, 11) is 0. The van der Waals surface area contributed by atoms with Crippen LogP contribution in [0.5, 0.6) is 0 Å². The van der Waals surface area contributed by atoms with Crippen molar-refractivity contribution >= 4 is 27.4 Å². The Labute approximate surface area is 151 Å². The highest BCUT2D eigenvalue weighted by molar-refractivity contribution is 7.16. The molecule has 0 aliphatic carbocycles. The van der Waals surface area contributed by atoms with Gasteiger partial charge in [0.1, 0.15) is 16.5 Å². The molecule has 2 aromatic heterocycles. The van der Waals surface area contributed by atoms with Gasteiger partial charge >= 0.3 is 0 Å². The molecule has 3 heterocycles. The van der Waals surface area contributed by atoms with Crippen molar-refractivity contribution in [3.63, 3.8) is 0 Å². The molecule has 1 fully saturated rings. The van der Waals surface area contributed by atoms with Crippen LogP contribution in [-0.4, -0.2) is 22.6 Å². The predicted molar refractivity (Wildman–Crippen MR) is 102 cm³/mol. The van der Waals surface area contributed by atoms with Gasteiger partial charge in [-0.2, -0.15) is 5.26 Å². The summed E-state index contributed by atoms with van der Waals surface area (Å²) in [6, 6.07) is 14.9. The van der Waals surface area contributed by atoms with E-state index in [-0.39, 0.29) is 12.0 Å². The van der Waals surface area contributed by atoms with E-state index in [1.165, 1.54) is 0 Å². The number of rotatable bonds is 4. The molecule has 2 atom stereocenters. The zero-order chi connectivity index (χ0) is 17.2. The van der Waals surface area contributed by atoms with E-state index in [9.17, 15) is 5.26 Å². The van der Waals surface area contributed by atoms with Gasteiger partial charge in [0.2, 0.25) is 0 Å². The van der Waals surface area contributed by atoms with Crippen molar-refractivity contribution in [2.45, 2.75) is 38.1 Å². The summed E-state index contributed by atoms with van der Waals surface area (Å²) in [6.07, 6.45) is 2.93. The van der Waals surface area contributed by atoms with Gasteiger partial charge in [-0.15, -0.1) is 11.3 Å². The molecule has 0 radical (unpaired) electrons. The molecule has 1 saturated heterocycles. The van der Waals surface area contributed by atoms with Crippen LogP contribution in [0, 0.1) is 11.3 Å². The normalized spacial score (nSPS) is 18.4. The number of aromatic nitrogens is 2. The number of nitrogens with zero attached hydrogens (tertiary/aromatic N) is 4. The lowest BCUT2D eigenvalue weighted by molar-refractivity contribution is 0.608. The Hall–Kier alpha value is -2.45. The first-order valence-electron chi connectivity index (χ1n) is 8.77. The van der Waals surface area contributed by atoms with Gasteiger partial charge in [-0.1, -0.05) is 37.3 Å². The summed E-state index contributed by atoms with van der Waals surface area (Å²) in [6.45, 7) is 3.03. The van der Waals surface area contributed by atoms with E-state index in [1.807, 2.05) is 18.2 Å². The fourth-order valence-electron chi connectivity index (χ4n) is 3.70. The molecule has 126 valence electrons. The van der Waals surface area contributed by atoms with E-state index in [0.29, 0.717) is 0 Å². The number of anilines is 1. The fraction of sp³-hybridized carbons (Fsp3) is 0.350. The van der Waals surface area contributed by atoms with Gasteiger partial charge in [0.05, 0.1) is 23.4 Å². The van der Waals surface area contributed by atoms with Crippen molar-refractivity contribution in [1.29, 1.82) is 5.26 Å². The topological polar surface area (TPSA) is 52.8 Å². The molecule has 4 nitrogen and oxygen atoms in total. The Bertz CT molecular complexity index is 912. The van der Waals surface area contributed by atoms with E-state index in [1.54, 1.807) is 11.3 Å². The van der Waals surface area contributed by atoms with E-state index in [2.05, 4.69) is 46.5 Å². The minimum atomic E-state index is -0.141. The highest BCUT2D eigenvalue weighted by atomic mass is 32.1. The Balaban J connectivity index is 1.77. The Morgan fingerprint density at radius 2 is 2.12 bits per heavy atom. The first kappa shape index (κ1) is 16.0. The van der Waals surface area contributed by atoms with Crippen molar-refractivity contribution in [3.8, 4) is 6.07 Å². The molecule has 0 saturated carbocycles. The van der Waals surface area contributed by atoms with Crippen molar-refractivity contribution in [2.24, 2.45) is 0 Å². The average molecular weight is 348 g/mol. The highest BCUT2D eigenvalue weighted by Crippen LogP contribution is 2.37. The zero-order valence-corrected chi connectivity index (χ0v) is 15.0. The molecule has 1 aliphatic heterocycles. The largest absolute Gasteiger partial charge is 0.351 e. The number of hydrogen-bond donors (Lipinski definition) is 0. The number of benzene rings is 1. The van der Waals surface area contributed by atoms with Gasteiger partial charge in [-0.25, -0.2) is 9.97 Å². The molecule has 5 heteroatoms. The maximum absolute atomic E-state index is 9.87. The number of aryl methyl sites for hydroxylation is 1. The standard InChI is InChI=1S/C20H20N4S/c1-2-18-22-19(15-10-12-25-20(15)23-18)24-11-6-9-17(24)16(13-21)14-7-4-3-5-8-14/h3-5,7-8,10,12,16-17H,2,6,9,11H2,1H3. The second kappa shape index (κ2) is 6.81. The number of nitriles is 1. The van der Waals surface area contributed by atoms with Gasteiger partial charge in [0, 0.05) is 13.0 Å². The third-order valence-corrected chi connectivity index (χ3v) is 5.73. The SMILES string of the molecule is CCc1nc(N2CCCC2C(C#N)c2ccccc2)c2ccsc2n1. The summed E-state index contributed by atoms with van der Waals surface area (Å²) in [5.74, 6) is 1.74. The number of thiophene rings is 1. The van der Waals surface area contributed by atoms with Gasteiger partial charge < -0.3 is 4.90 Å². The molecule has 1 aliphatic rings. The van der Waals surface area contributed by atoms with Crippen LogP contribution in [0.4, 0.5) is 5.82 Å². The molecule has 0 spiro atoms. The maximum Gasteiger partial charge on any atom is 0.141 e. The van der Waals surface area contributed by atoms with Crippen molar-refractivity contribution in [1.82, 2.24) is 9.97 Å². The van der Waals surface area contributed by atoms with E-state index < -0.39 is 0 Å². The summed E-state index contributed by atoms with van der Waals surface area (Å²) in [4.78, 5) is 12.9. The lowest BCUT2D eigenvalue weighted by atomic mass is 9.91. The second-order valence-corrected chi connectivity index (χ2v) is 7.27. The Morgan fingerprint density at radius 3 is 2.88 bits per heavy atom. The van der Waals surface area contributed by atoms with Crippen molar-refractivity contribution in [3.05, 3.63) is 53.2 Å². The molecule has 4 rings (SSSR count). The summed E-state index contributed by atoms with van der Waals surface area (Å²) in [5.41, 5.74) is 1.09. The lowest BCUT2D eigenvalue weighted by Gasteiger charge is -2.30. The molecule has 2 unspecified atom stereocenters. The van der Waals surface area contributed by atoms with Gasteiger partial charge in [0.15, 0.2) is 0 Å². The van der Waals surface area contributed by atoms with Crippen LogP contribution in [-0.2, 0) is 6.42 Å². The van der Waals surface area contributed by atoms with Gasteiger partial charge in [-0.05, 0) is 29.9 Å². The smallest absolute Gasteiger partial charge is 0.141 e. The second-order valence-electron chi connectivity index (χ2n) is 6.38. The minimum absolute atomic E-state index is 0.141. The molecule has 3 aromatic rings. The molecule has 1 aromatic carbocycles. The molecule has 25 heavy (non-hydrogen) atoms. The first-order valence-corrected chi connectivity index (χ1v) is 9.65. The Kier molecular flexibility index (Phi) is 4.37. The van der Waals surface area contributed by atoms with Crippen LogP contribution in [0.1, 0.15) is 37.1 Å². The fourth-order valence-corrected chi connectivity index (χ4v) is 4.48. The molecule has 0 N–H and O–H groups in total.